The smallest absolute Gasteiger partial charge is 0.246 e. The highest BCUT2D eigenvalue weighted by Crippen LogP contribution is 2.22. The van der Waals surface area contributed by atoms with Crippen LogP contribution in [0.3, 0.4) is 0 Å². The Hall–Kier alpha value is -3.31. The van der Waals surface area contributed by atoms with Crippen molar-refractivity contribution in [3.8, 4) is 0 Å². The second-order valence-electron chi connectivity index (χ2n) is 6.91. The molecule has 2 atom stereocenters. The molecule has 0 bridgehead atoms. The molecule has 0 heterocycles. The predicted molar refractivity (Wildman–Crippen MR) is 112 cm³/mol. The average molecular weight is 390 g/mol. The van der Waals surface area contributed by atoms with Crippen molar-refractivity contribution in [1.29, 1.82) is 0 Å². The van der Waals surface area contributed by atoms with Gasteiger partial charge < -0.3 is 5.32 Å². The Balaban J connectivity index is 1.83. The van der Waals surface area contributed by atoms with Crippen LogP contribution in [0.5, 0.6) is 0 Å². The van der Waals surface area contributed by atoms with Crippen LogP contribution in [0, 0.1) is 5.82 Å². The zero-order valence-electron chi connectivity index (χ0n) is 16.4. The van der Waals surface area contributed by atoms with Crippen molar-refractivity contribution in [3.05, 3.63) is 101 Å². The van der Waals surface area contributed by atoms with Crippen molar-refractivity contribution >= 4 is 17.4 Å². The van der Waals surface area contributed by atoms with Crippen LogP contribution in [0.1, 0.15) is 47.4 Å². The highest BCUT2D eigenvalue weighted by atomic mass is 19.1. The van der Waals surface area contributed by atoms with Gasteiger partial charge >= 0.3 is 0 Å². The molecule has 3 aromatic rings. The Kier molecular flexibility index (Phi) is 6.52. The van der Waals surface area contributed by atoms with Crippen LogP contribution >= 0.6 is 0 Å². The van der Waals surface area contributed by atoms with Crippen LogP contribution in [0.4, 0.5) is 10.1 Å². The second-order valence-corrected chi connectivity index (χ2v) is 6.91. The molecule has 0 fully saturated rings. The first-order valence-corrected chi connectivity index (χ1v) is 9.42. The van der Waals surface area contributed by atoms with Crippen LogP contribution in [-0.4, -0.2) is 11.7 Å². The molecule has 0 spiro atoms. The standard InChI is InChI=1S/C24H23FN2O2/c1-16(18-11-13-21(25)14-12-18)26-23(19-7-4-3-5-8-19)24(29)27-22-10-6-9-20(15-22)17(2)28/h3-16,23,26H,1-2H3,(H,27,29)/t16-,23+/m0/s1. The molecule has 29 heavy (non-hydrogen) atoms. The van der Waals surface area contributed by atoms with Crippen molar-refractivity contribution in [2.24, 2.45) is 0 Å². The first-order chi connectivity index (χ1) is 13.9. The topological polar surface area (TPSA) is 58.2 Å². The van der Waals surface area contributed by atoms with Gasteiger partial charge in [-0.05, 0) is 49.2 Å². The third kappa shape index (κ3) is 5.36. The zero-order chi connectivity index (χ0) is 20.8. The number of hydrogen-bond donors (Lipinski definition) is 2. The number of Topliss-reactive ketones (excluding diaryl/α,β-unsaturated/α-hetero) is 1. The van der Waals surface area contributed by atoms with Crippen molar-refractivity contribution in [2.75, 3.05) is 5.32 Å². The normalized spacial score (nSPS) is 12.8. The number of benzene rings is 3. The van der Waals surface area contributed by atoms with Gasteiger partial charge in [0.2, 0.25) is 5.91 Å². The van der Waals surface area contributed by atoms with Gasteiger partial charge in [-0.3, -0.25) is 14.9 Å². The van der Waals surface area contributed by atoms with Crippen molar-refractivity contribution in [1.82, 2.24) is 5.32 Å². The molecular weight excluding hydrogens is 367 g/mol. The van der Waals surface area contributed by atoms with Gasteiger partial charge in [0.1, 0.15) is 11.9 Å². The molecule has 3 rings (SSSR count). The molecule has 0 saturated carbocycles. The lowest BCUT2D eigenvalue weighted by Gasteiger charge is -2.24. The maximum atomic E-state index is 13.2. The van der Waals surface area contributed by atoms with Crippen LogP contribution < -0.4 is 10.6 Å². The lowest BCUT2D eigenvalue weighted by Crippen LogP contribution is -2.34. The van der Waals surface area contributed by atoms with Gasteiger partial charge in [-0.2, -0.15) is 0 Å². The number of hydrogen-bond acceptors (Lipinski definition) is 3. The molecule has 0 aliphatic rings. The Bertz CT molecular complexity index is 987. The number of rotatable bonds is 7. The fraction of sp³-hybridized carbons (Fsp3) is 0.167. The number of carbonyl (C=O) groups is 2. The molecule has 2 N–H and O–H groups in total. The third-order valence-corrected chi connectivity index (χ3v) is 4.72. The summed E-state index contributed by atoms with van der Waals surface area (Å²) in [5, 5.41) is 6.21. The van der Waals surface area contributed by atoms with Gasteiger partial charge in [-0.25, -0.2) is 4.39 Å². The van der Waals surface area contributed by atoms with E-state index in [1.54, 1.807) is 36.4 Å². The molecule has 0 aliphatic heterocycles. The summed E-state index contributed by atoms with van der Waals surface area (Å²) in [5.74, 6) is -0.613. The minimum Gasteiger partial charge on any atom is -0.324 e. The van der Waals surface area contributed by atoms with Gasteiger partial charge in [0.15, 0.2) is 5.78 Å². The van der Waals surface area contributed by atoms with Gasteiger partial charge in [-0.1, -0.05) is 54.6 Å². The van der Waals surface area contributed by atoms with Crippen LogP contribution in [0.25, 0.3) is 0 Å². The fourth-order valence-electron chi connectivity index (χ4n) is 3.10. The highest BCUT2D eigenvalue weighted by Gasteiger charge is 2.23. The molecule has 0 aliphatic carbocycles. The molecule has 0 aromatic heterocycles. The van der Waals surface area contributed by atoms with E-state index in [4.69, 9.17) is 0 Å². The molecule has 4 nitrogen and oxygen atoms in total. The first-order valence-electron chi connectivity index (χ1n) is 9.42. The summed E-state index contributed by atoms with van der Waals surface area (Å²) < 4.78 is 13.2. The van der Waals surface area contributed by atoms with Crippen molar-refractivity contribution < 1.29 is 14.0 Å². The van der Waals surface area contributed by atoms with Gasteiger partial charge in [0.05, 0.1) is 0 Å². The van der Waals surface area contributed by atoms with Crippen LogP contribution in [0.15, 0.2) is 78.9 Å². The highest BCUT2D eigenvalue weighted by molar-refractivity contribution is 5.98. The van der Waals surface area contributed by atoms with Crippen LogP contribution in [0.2, 0.25) is 0 Å². The van der Waals surface area contributed by atoms with Gasteiger partial charge in [0, 0.05) is 17.3 Å². The number of halogens is 1. The summed E-state index contributed by atoms with van der Waals surface area (Å²) in [6, 6.07) is 21.6. The SMILES string of the molecule is CC(=O)c1cccc(NC(=O)[C@H](N[C@@H](C)c2ccc(F)cc2)c2ccccc2)c1. The molecule has 1 amide bonds. The van der Waals surface area contributed by atoms with E-state index in [0.29, 0.717) is 11.3 Å². The molecule has 0 saturated heterocycles. The van der Waals surface area contributed by atoms with Gasteiger partial charge in [0.25, 0.3) is 0 Å². The van der Waals surface area contributed by atoms with E-state index in [-0.39, 0.29) is 23.5 Å². The maximum Gasteiger partial charge on any atom is 0.246 e. The van der Waals surface area contributed by atoms with E-state index in [1.807, 2.05) is 37.3 Å². The summed E-state index contributed by atoms with van der Waals surface area (Å²) in [7, 11) is 0. The average Bonchev–Trinajstić information content (AvgIpc) is 2.73. The summed E-state index contributed by atoms with van der Waals surface area (Å²) in [4.78, 5) is 24.7. The summed E-state index contributed by atoms with van der Waals surface area (Å²) in [5.41, 5.74) is 2.77. The van der Waals surface area contributed by atoms with Crippen molar-refractivity contribution in [3.63, 3.8) is 0 Å². The molecule has 148 valence electrons. The van der Waals surface area contributed by atoms with E-state index in [9.17, 15) is 14.0 Å². The van der Waals surface area contributed by atoms with E-state index < -0.39 is 6.04 Å². The Morgan fingerprint density at radius 2 is 1.55 bits per heavy atom. The van der Waals surface area contributed by atoms with E-state index in [0.717, 1.165) is 11.1 Å². The van der Waals surface area contributed by atoms with E-state index in [1.165, 1.54) is 19.1 Å². The summed E-state index contributed by atoms with van der Waals surface area (Å²) >= 11 is 0. The zero-order valence-corrected chi connectivity index (χ0v) is 16.4. The Labute approximate surface area is 169 Å². The summed E-state index contributed by atoms with van der Waals surface area (Å²) in [6.45, 7) is 3.41. The minimum absolute atomic E-state index is 0.0660. The predicted octanol–water partition coefficient (Wildman–Crippen LogP) is 5.06. The molecule has 0 unspecified atom stereocenters. The quantitative estimate of drug-likeness (QED) is 0.555. The fourth-order valence-corrected chi connectivity index (χ4v) is 3.10. The summed E-state index contributed by atoms with van der Waals surface area (Å²) in [6.07, 6.45) is 0. The van der Waals surface area contributed by atoms with E-state index in [2.05, 4.69) is 10.6 Å². The first kappa shape index (κ1) is 20.4. The third-order valence-electron chi connectivity index (χ3n) is 4.72. The maximum absolute atomic E-state index is 13.2. The molecule has 0 radical (unpaired) electrons. The number of carbonyl (C=O) groups excluding carboxylic acids is 2. The second kappa shape index (κ2) is 9.26. The van der Waals surface area contributed by atoms with E-state index >= 15 is 0 Å². The van der Waals surface area contributed by atoms with Crippen molar-refractivity contribution in [2.45, 2.75) is 25.9 Å². The lowest BCUT2D eigenvalue weighted by molar-refractivity contribution is -0.118. The molecule has 3 aromatic carbocycles. The van der Waals surface area contributed by atoms with Crippen LogP contribution in [-0.2, 0) is 4.79 Å². The number of ketones is 1. The van der Waals surface area contributed by atoms with Gasteiger partial charge in [-0.15, -0.1) is 0 Å². The Morgan fingerprint density at radius 1 is 0.862 bits per heavy atom. The number of nitrogens with one attached hydrogen (secondary N) is 2. The lowest BCUT2D eigenvalue weighted by atomic mass is 10.0. The largest absolute Gasteiger partial charge is 0.324 e. The monoisotopic (exact) mass is 390 g/mol. The molecule has 5 heteroatoms. The minimum atomic E-state index is -0.628. The number of amides is 1. The Morgan fingerprint density at radius 3 is 2.21 bits per heavy atom. The number of anilines is 1. The molecular formula is C24H23FN2O2.